The molecule has 1 rings (SSSR count). The largest absolute Gasteiger partial charge is 0.573 e. The minimum absolute atomic E-state index is 0.121. The van der Waals surface area contributed by atoms with E-state index >= 15 is 0 Å². The van der Waals surface area contributed by atoms with E-state index in [4.69, 9.17) is 4.74 Å². The summed E-state index contributed by atoms with van der Waals surface area (Å²) in [5.74, 6) is -0.987. The molecule has 1 aromatic rings. The third kappa shape index (κ3) is 4.90. The summed E-state index contributed by atoms with van der Waals surface area (Å²) < 4.78 is 44.1. The minimum Gasteiger partial charge on any atom is -0.458 e. The molecule has 3 nitrogen and oxygen atoms in total. The van der Waals surface area contributed by atoms with Crippen LogP contribution in [0.3, 0.4) is 0 Å². The van der Waals surface area contributed by atoms with Gasteiger partial charge in [0.1, 0.15) is 12.4 Å². The molecule has 0 aliphatic rings. The highest BCUT2D eigenvalue weighted by atomic mass is 19.4. The average Bonchev–Trinajstić information content (AvgIpc) is 2.28. The van der Waals surface area contributed by atoms with Crippen molar-refractivity contribution in [2.24, 2.45) is 0 Å². The fraction of sp³-hybridized carbons (Fsp3) is 0.250. The number of halogens is 3. The fourth-order valence-corrected chi connectivity index (χ4v) is 1.10. The summed E-state index contributed by atoms with van der Waals surface area (Å²) in [5.41, 5.74) is 0.161. The normalized spacial score (nSPS) is 11.6. The molecule has 18 heavy (non-hydrogen) atoms. The maximum absolute atomic E-state index is 11.9. The lowest BCUT2D eigenvalue weighted by molar-refractivity contribution is -0.274. The Morgan fingerprint density at radius 2 is 1.89 bits per heavy atom. The molecular formula is C12H11F3O3. The molecule has 0 N–H and O–H groups in total. The summed E-state index contributed by atoms with van der Waals surface area (Å²) in [4.78, 5) is 11.4. The fourth-order valence-electron chi connectivity index (χ4n) is 1.10. The van der Waals surface area contributed by atoms with Crippen molar-refractivity contribution in [3.8, 4) is 5.75 Å². The van der Waals surface area contributed by atoms with E-state index in [1.165, 1.54) is 12.1 Å². The molecule has 98 valence electrons. The van der Waals surface area contributed by atoms with Gasteiger partial charge in [0.15, 0.2) is 0 Å². The van der Waals surface area contributed by atoms with Crippen LogP contribution in [-0.2, 0) is 4.74 Å². The maximum atomic E-state index is 11.9. The molecule has 0 atom stereocenters. The number of esters is 1. The third-order valence-corrected chi connectivity index (χ3v) is 1.87. The molecule has 0 aliphatic heterocycles. The third-order valence-electron chi connectivity index (χ3n) is 1.87. The highest BCUT2D eigenvalue weighted by Crippen LogP contribution is 2.22. The van der Waals surface area contributed by atoms with Crippen molar-refractivity contribution in [3.05, 3.63) is 42.0 Å². The first-order chi connectivity index (χ1) is 8.42. The van der Waals surface area contributed by atoms with Gasteiger partial charge in [-0.15, -0.1) is 13.2 Å². The summed E-state index contributed by atoms with van der Waals surface area (Å²) >= 11 is 0. The number of alkyl halides is 3. The van der Waals surface area contributed by atoms with Crippen LogP contribution in [0, 0.1) is 0 Å². The van der Waals surface area contributed by atoms with E-state index in [9.17, 15) is 18.0 Å². The number of benzene rings is 1. The SMILES string of the molecule is C/C=C/COC(=O)c1ccc(OC(F)(F)F)cc1. The molecule has 0 saturated heterocycles. The molecule has 6 heteroatoms. The number of carbonyl (C=O) groups excluding carboxylic acids is 1. The van der Waals surface area contributed by atoms with Gasteiger partial charge in [0.05, 0.1) is 5.56 Å². The maximum Gasteiger partial charge on any atom is 0.573 e. The van der Waals surface area contributed by atoms with Crippen LogP contribution in [0.25, 0.3) is 0 Å². The summed E-state index contributed by atoms with van der Waals surface area (Å²) in [5, 5.41) is 0. The number of allylic oxidation sites excluding steroid dienone is 1. The molecular weight excluding hydrogens is 249 g/mol. The number of hydrogen-bond donors (Lipinski definition) is 0. The molecule has 0 radical (unpaired) electrons. The van der Waals surface area contributed by atoms with E-state index < -0.39 is 12.3 Å². The summed E-state index contributed by atoms with van der Waals surface area (Å²) in [7, 11) is 0. The Morgan fingerprint density at radius 3 is 2.39 bits per heavy atom. The van der Waals surface area contributed by atoms with E-state index in [1.54, 1.807) is 19.1 Å². The first-order valence-electron chi connectivity index (χ1n) is 5.06. The van der Waals surface area contributed by atoms with E-state index in [1.807, 2.05) is 0 Å². The van der Waals surface area contributed by atoms with Crippen LogP contribution in [0.15, 0.2) is 36.4 Å². The Labute approximate surface area is 102 Å². The molecule has 0 unspecified atom stereocenters. The van der Waals surface area contributed by atoms with Gasteiger partial charge in [0, 0.05) is 0 Å². The van der Waals surface area contributed by atoms with Gasteiger partial charge < -0.3 is 9.47 Å². The van der Waals surface area contributed by atoms with Gasteiger partial charge >= 0.3 is 12.3 Å². The summed E-state index contributed by atoms with van der Waals surface area (Å²) in [6.07, 6.45) is -1.39. The predicted molar refractivity (Wildman–Crippen MR) is 58.2 cm³/mol. The number of carbonyl (C=O) groups is 1. The van der Waals surface area contributed by atoms with E-state index in [0.717, 1.165) is 12.1 Å². The number of ether oxygens (including phenoxy) is 2. The molecule has 0 heterocycles. The Hall–Kier alpha value is -1.98. The van der Waals surface area contributed by atoms with Crippen LogP contribution in [0.5, 0.6) is 5.75 Å². The van der Waals surface area contributed by atoms with Gasteiger partial charge in [-0.3, -0.25) is 0 Å². The lowest BCUT2D eigenvalue weighted by Crippen LogP contribution is -2.17. The molecule has 0 saturated carbocycles. The summed E-state index contributed by atoms with van der Waals surface area (Å²) in [6.45, 7) is 1.90. The van der Waals surface area contributed by atoms with Crippen molar-refractivity contribution in [1.82, 2.24) is 0 Å². The molecule has 0 bridgehead atoms. The van der Waals surface area contributed by atoms with Crippen LogP contribution in [0.2, 0.25) is 0 Å². The van der Waals surface area contributed by atoms with Crippen molar-refractivity contribution in [2.45, 2.75) is 13.3 Å². The lowest BCUT2D eigenvalue weighted by Gasteiger charge is -2.08. The van der Waals surface area contributed by atoms with Gasteiger partial charge in [-0.25, -0.2) is 4.79 Å². The molecule has 0 spiro atoms. The zero-order valence-corrected chi connectivity index (χ0v) is 9.53. The first-order valence-corrected chi connectivity index (χ1v) is 5.06. The van der Waals surface area contributed by atoms with Crippen LogP contribution >= 0.6 is 0 Å². The van der Waals surface area contributed by atoms with Crippen molar-refractivity contribution in [3.63, 3.8) is 0 Å². The van der Waals surface area contributed by atoms with Gasteiger partial charge in [-0.05, 0) is 31.2 Å². The molecule has 0 aliphatic carbocycles. The second-order valence-electron chi connectivity index (χ2n) is 3.24. The topological polar surface area (TPSA) is 35.5 Å². The van der Waals surface area contributed by atoms with E-state index in [2.05, 4.69) is 4.74 Å². The van der Waals surface area contributed by atoms with Gasteiger partial charge in [0.25, 0.3) is 0 Å². The quantitative estimate of drug-likeness (QED) is 0.615. The van der Waals surface area contributed by atoms with Crippen molar-refractivity contribution < 1.29 is 27.4 Å². The lowest BCUT2D eigenvalue weighted by atomic mass is 10.2. The Bertz CT molecular complexity index is 421. The molecule has 0 aromatic heterocycles. The van der Waals surface area contributed by atoms with Crippen LogP contribution in [0.4, 0.5) is 13.2 Å². The monoisotopic (exact) mass is 260 g/mol. The second-order valence-corrected chi connectivity index (χ2v) is 3.24. The first kappa shape index (κ1) is 14.1. The second kappa shape index (κ2) is 6.09. The summed E-state index contributed by atoms with van der Waals surface area (Å²) in [6, 6.07) is 4.53. The zero-order chi connectivity index (χ0) is 13.6. The highest BCUT2D eigenvalue weighted by Gasteiger charge is 2.31. The minimum atomic E-state index is -4.74. The standard InChI is InChI=1S/C12H11F3O3/c1-2-3-8-17-11(16)9-4-6-10(7-5-9)18-12(13,14)15/h2-7H,8H2,1H3/b3-2+. The van der Waals surface area contributed by atoms with Gasteiger partial charge in [-0.2, -0.15) is 0 Å². The average molecular weight is 260 g/mol. The van der Waals surface area contributed by atoms with Crippen molar-refractivity contribution in [1.29, 1.82) is 0 Å². The molecule has 1 aromatic carbocycles. The molecule has 0 fully saturated rings. The Kier molecular flexibility index (Phi) is 4.76. The van der Waals surface area contributed by atoms with E-state index in [-0.39, 0.29) is 17.9 Å². The Balaban J connectivity index is 2.62. The van der Waals surface area contributed by atoms with Crippen molar-refractivity contribution in [2.75, 3.05) is 6.61 Å². The van der Waals surface area contributed by atoms with Crippen molar-refractivity contribution >= 4 is 5.97 Å². The van der Waals surface area contributed by atoms with Gasteiger partial charge in [0.2, 0.25) is 0 Å². The van der Waals surface area contributed by atoms with Crippen LogP contribution in [0.1, 0.15) is 17.3 Å². The zero-order valence-electron chi connectivity index (χ0n) is 9.53. The number of hydrogen-bond acceptors (Lipinski definition) is 3. The van der Waals surface area contributed by atoms with Gasteiger partial charge in [-0.1, -0.05) is 12.2 Å². The molecule has 0 amide bonds. The van der Waals surface area contributed by atoms with Crippen LogP contribution in [-0.4, -0.2) is 18.9 Å². The predicted octanol–water partition coefficient (Wildman–Crippen LogP) is 3.32. The number of rotatable bonds is 4. The Morgan fingerprint density at radius 1 is 1.28 bits per heavy atom. The highest BCUT2D eigenvalue weighted by molar-refractivity contribution is 5.89. The van der Waals surface area contributed by atoms with E-state index in [0.29, 0.717) is 0 Å². The smallest absolute Gasteiger partial charge is 0.458 e. The van der Waals surface area contributed by atoms with Crippen LogP contribution < -0.4 is 4.74 Å².